The van der Waals surface area contributed by atoms with Crippen molar-refractivity contribution in [2.45, 2.75) is 52.4 Å². The third-order valence-corrected chi connectivity index (χ3v) is 15.3. The number of para-hydroxylation sites is 2. The summed E-state index contributed by atoms with van der Waals surface area (Å²) < 4.78 is 7.50. The molecule has 0 amide bonds. The molecular weight excluding hydrogens is 813 g/mol. The van der Waals surface area contributed by atoms with Gasteiger partial charge in [-0.2, -0.15) is 0 Å². The third kappa shape index (κ3) is 4.79. The summed E-state index contributed by atoms with van der Waals surface area (Å²) in [6.45, 7) is 14.1. The largest absolute Gasteiger partial charge is 0.309 e. The Kier molecular flexibility index (Phi) is 6.94. The van der Waals surface area contributed by atoms with Crippen molar-refractivity contribution in [3.63, 3.8) is 0 Å². The lowest BCUT2D eigenvalue weighted by molar-refractivity contribution is 0.591. The van der Waals surface area contributed by atoms with Gasteiger partial charge >= 0.3 is 0 Å². The van der Waals surface area contributed by atoms with Crippen LogP contribution < -0.4 is 0 Å². The maximum atomic E-state index is 5.97. The average molecular weight is 859 g/mol. The number of rotatable bonds is 2. The molecule has 318 valence electrons. The van der Waals surface area contributed by atoms with Crippen LogP contribution in [0.25, 0.3) is 137 Å². The molecule has 0 N–H and O–H groups in total. The van der Waals surface area contributed by atoms with Gasteiger partial charge in [0.1, 0.15) is 5.65 Å². The summed E-state index contributed by atoms with van der Waals surface area (Å²) in [5, 5.41) is 16.3. The predicted octanol–water partition coefficient (Wildman–Crippen LogP) is 17.0. The zero-order valence-corrected chi connectivity index (χ0v) is 38.5. The van der Waals surface area contributed by atoms with Crippen molar-refractivity contribution in [1.29, 1.82) is 0 Å². The average Bonchev–Trinajstić information content (AvgIpc) is 4.12. The second-order valence-electron chi connectivity index (χ2n) is 21.2. The summed E-state index contributed by atoms with van der Waals surface area (Å²) >= 11 is 0. The van der Waals surface area contributed by atoms with Crippen molar-refractivity contribution < 1.29 is 0 Å². The van der Waals surface area contributed by atoms with E-state index in [0.717, 1.165) is 16.7 Å². The second-order valence-corrected chi connectivity index (χ2v) is 21.2. The van der Waals surface area contributed by atoms with Gasteiger partial charge in [0.25, 0.3) is 0 Å². The molecule has 0 aliphatic heterocycles. The van der Waals surface area contributed by atoms with Crippen LogP contribution in [-0.4, -0.2) is 18.4 Å². The number of fused-ring (bicyclic) bond motifs is 19. The number of benzene rings is 9. The molecule has 4 heteroatoms. The molecule has 0 atom stereocenters. The molecule has 0 spiro atoms. The Morgan fingerprint density at radius 2 is 1.00 bits per heavy atom. The van der Waals surface area contributed by atoms with E-state index in [1.165, 1.54) is 131 Å². The van der Waals surface area contributed by atoms with E-state index in [1.807, 2.05) is 0 Å². The molecule has 0 aliphatic carbocycles. The smallest absolute Gasteiger partial charge is 0.146 e. The van der Waals surface area contributed by atoms with Crippen molar-refractivity contribution in [2.75, 3.05) is 0 Å². The van der Waals surface area contributed by atoms with Crippen LogP contribution in [0.1, 0.15) is 52.7 Å². The predicted molar refractivity (Wildman–Crippen MR) is 286 cm³/mol. The van der Waals surface area contributed by atoms with Gasteiger partial charge in [-0.25, -0.2) is 4.98 Å². The topological polar surface area (TPSA) is 26.6 Å². The first kappa shape index (κ1) is 37.3. The normalized spacial score (nSPS) is 13.2. The Morgan fingerprint density at radius 3 is 1.78 bits per heavy atom. The van der Waals surface area contributed by atoms with E-state index in [2.05, 4.69) is 225 Å². The molecule has 0 saturated heterocycles. The molecule has 15 aromatic rings. The Balaban J connectivity index is 1.13. The molecule has 0 fully saturated rings. The van der Waals surface area contributed by atoms with Gasteiger partial charge in [-0.05, 0) is 110 Å². The molecule has 0 radical (unpaired) electrons. The summed E-state index contributed by atoms with van der Waals surface area (Å²) in [6, 6.07) is 64.0. The van der Waals surface area contributed by atoms with Crippen molar-refractivity contribution in [3.05, 3.63) is 181 Å². The first-order chi connectivity index (χ1) is 32.5. The minimum absolute atomic E-state index is 0.0768. The van der Waals surface area contributed by atoms with Crippen LogP contribution in [-0.2, 0) is 10.8 Å². The lowest BCUT2D eigenvalue weighted by Gasteiger charge is -2.22. The highest BCUT2D eigenvalue weighted by Gasteiger charge is 2.29. The quantitative estimate of drug-likeness (QED) is 0.170. The van der Waals surface area contributed by atoms with Crippen LogP contribution in [0.15, 0.2) is 170 Å². The highest BCUT2D eigenvalue weighted by Crippen LogP contribution is 2.50. The van der Waals surface area contributed by atoms with Crippen molar-refractivity contribution >= 4 is 120 Å². The van der Waals surface area contributed by atoms with Gasteiger partial charge in [0.2, 0.25) is 0 Å². The highest BCUT2D eigenvalue weighted by atomic mass is 15.0. The zero-order valence-electron chi connectivity index (χ0n) is 38.5. The summed E-state index contributed by atoms with van der Waals surface area (Å²) in [7, 11) is 0. The van der Waals surface area contributed by atoms with Gasteiger partial charge in [-0.3, -0.25) is 4.40 Å². The molecule has 6 heterocycles. The van der Waals surface area contributed by atoms with E-state index in [4.69, 9.17) is 4.98 Å². The van der Waals surface area contributed by atoms with Crippen molar-refractivity contribution in [1.82, 2.24) is 18.4 Å². The van der Waals surface area contributed by atoms with Crippen LogP contribution in [0.5, 0.6) is 0 Å². The summed E-state index contributed by atoms with van der Waals surface area (Å²) in [6.07, 6.45) is 0. The first-order valence-electron chi connectivity index (χ1n) is 23.7. The Labute approximate surface area is 386 Å². The Hall–Kier alpha value is -7.95. The van der Waals surface area contributed by atoms with E-state index in [-0.39, 0.29) is 10.8 Å². The van der Waals surface area contributed by atoms with Gasteiger partial charge in [0.15, 0.2) is 0 Å². The van der Waals surface area contributed by atoms with Crippen LogP contribution in [0.4, 0.5) is 0 Å². The molecule has 0 unspecified atom stereocenters. The molecule has 0 bridgehead atoms. The maximum absolute atomic E-state index is 5.97. The Bertz CT molecular complexity index is 4620. The van der Waals surface area contributed by atoms with Gasteiger partial charge < -0.3 is 8.97 Å². The number of hydrogen-bond donors (Lipinski definition) is 0. The molecule has 9 aromatic carbocycles. The summed E-state index contributed by atoms with van der Waals surface area (Å²) in [5.74, 6) is 0. The molecule has 15 rings (SSSR count). The molecule has 67 heavy (non-hydrogen) atoms. The summed E-state index contributed by atoms with van der Waals surface area (Å²) in [4.78, 5) is 5.97. The summed E-state index contributed by atoms with van der Waals surface area (Å²) in [5.41, 5.74) is 16.7. The Morgan fingerprint density at radius 1 is 0.373 bits per heavy atom. The van der Waals surface area contributed by atoms with Crippen LogP contribution in [0.3, 0.4) is 0 Å². The van der Waals surface area contributed by atoms with Gasteiger partial charge in [-0.15, -0.1) is 0 Å². The molecule has 0 saturated carbocycles. The van der Waals surface area contributed by atoms with E-state index in [1.54, 1.807) is 0 Å². The highest BCUT2D eigenvalue weighted by molar-refractivity contribution is 6.35. The SMILES string of the molecule is CC(C)(C)c1cc(-c2ccc3c(c2)c2ccccc2n3-c2ccccc2)c2c(c1)c1cc(C(C)(C)C)cc3c4cc5c(nc4n2c31)c1cc2ccccc2c2c3ccc4ccccc4c3n5c12. The lowest BCUT2D eigenvalue weighted by Crippen LogP contribution is -2.11. The van der Waals surface area contributed by atoms with Crippen molar-refractivity contribution in [3.8, 4) is 16.8 Å². The van der Waals surface area contributed by atoms with Gasteiger partial charge in [-0.1, -0.05) is 145 Å². The van der Waals surface area contributed by atoms with Crippen molar-refractivity contribution in [2.24, 2.45) is 0 Å². The molecule has 4 nitrogen and oxygen atoms in total. The minimum Gasteiger partial charge on any atom is -0.309 e. The monoisotopic (exact) mass is 858 g/mol. The fourth-order valence-electron chi connectivity index (χ4n) is 12.1. The van der Waals surface area contributed by atoms with E-state index in [9.17, 15) is 0 Å². The second kappa shape index (κ2) is 12.5. The van der Waals surface area contributed by atoms with E-state index in [0.29, 0.717) is 0 Å². The maximum Gasteiger partial charge on any atom is 0.146 e. The minimum atomic E-state index is -0.0851. The van der Waals surface area contributed by atoms with Crippen LogP contribution in [0.2, 0.25) is 0 Å². The number of hydrogen-bond acceptors (Lipinski definition) is 1. The zero-order chi connectivity index (χ0) is 44.8. The molecule has 0 aliphatic rings. The van der Waals surface area contributed by atoms with E-state index >= 15 is 0 Å². The van der Waals surface area contributed by atoms with Gasteiger partial charge in [0.05, 0.1) is 44.1 Å². The molecule has 6 aromatic heterocycles. The standard InChI is InChI=1S/C63H46N4/c1-62(2,3)38-30-45(37-25-27-53-46(28-37)43-22-14-15-23-52(43)65(53)40-18-8-7-9-19-40)58-47(31-38)48-32-39(63(4,5)6)33-49-50-34-54-56(64-61(50)67(58)59(48)49)51-29-36-17-11-12-20-41(36)55-44-26-24-35-16-10-13-21-42(35)57(44)66(54)60(51)55/h7-34H,1-6H3. The fourth-order valence-corrected chi connectivity index (χ4v) is 12.1. The first-order valence-corrected chi connectivity index (χ1v) is 23.7. The lowest BCUT2D eigenvalue weighted by atomic mass is 9.83. The molecular formula is C63H46N4. The number of nitrogens with zero attached hydrogens (tertiary/aromatic N) is 4. The van der Waals surface area contributed by atoms with Crippen LogP contribution in [0, 0.1) is 0 Å². The number of aromatic nitrogens is 4. The van der Waals surface area contributed by atoms with Gasteiger partial charge in [0, 0.05) is 65.1 Å². The van der Waals surface area contributed by atoms with Crippen LogP contribution >= 0.6 is 0 Å². The number of pyridine rings is 1. The third-order valence-electron chi connectivity index (χ3n) is 15.3. The fraction of sp³-hybridized carbons (Fsp3) is 0.127. The van der Waals surface area contributed by atoms with E-state index < -0.39 is 0 Å².